The average molecular weight is 365 g/mol. The molecule has 0 heterocycles. The van der Waals surface area contributed by atoms with E-state index in [2.05, 4.69) is 37.2 Å². The monoisotopic (exact) mass is 363 g/mol. The predicted molar refractivity (Wildman–Crippen MR) is 76.2 cm³/mol. The summed E-state index contributed by atoms with van der Waals surface area (Å²) in [4.78, 5) is 11.5. The Morgan fingerprint density at radius 2 is 2.00 bits per heavy atom. The molecular weight excluding hydrogens is 350 g/mol. The molecule has 5 heteroatoms. The zero-order valence-electron chi connectivity index (χ0n) is 10.0. The maximum Gasteiger partial charge on any atom is 0.325 e. The van der Waals surface area contributed by atoms with Gasteiger partial charge in [-0.1, -0.05) is 15.9 Å². The number of hydrogen-bond donors (Lipinski definition) is 1. The molecule has 0 aromatic heterocycles. The molecule has 0 atom stereocenters. The number of halogens is 2. The van der Waals surface area contributed by atoms with Crippen LogP contribution in [0.1, 0.15) is 20.8 Å². The van der Waals surface area contributed by atoms with Gasteiger partial charge in [0.2, 0.25) is 0 Å². The summed E-state index contributed by atoms with van der Waals surface area (Å²) in [5, 5.41) is 3.02. The molecule has 1 aromatic carbocycles. The van der Waals surface area contributed by atoms with Crippen molar-refractivity contribution in [2.24, 2.45) is 0 Å². The highest BCUT2D eigenvalue weighted by molar-refractivity contribution is 9.11. The lowest BCUT2D eigenvalue weighted by Gasteiger charge is -2.19. The van der Waals surface area contributed by atoms with Gasteiger partial charge in [0.1, 0.15) is 12.1 Å². The first-order chi connectivity index (χ1) is 7.78. The van der Waals surface area contributed by atoms with E-state index in [1.54, 1.807) is 0 Å². The summed E-state index contributed by atoms with van der Waals surface area (Å²) in [7, 11) is 0. The second-order valence-electron chi connectivity index (χ2n) is 4.56. The van der Waals surface area contributed by atoms with E-state index in [4.69, 9.17) is 4.74 Å². The highest BCUT2D eigenvalue weighted by atomic mass is 79.9. The van der Waals surface area contributed by atoms with E-state index in [0.29, 0.717) is 0 Å². The molecule has 0 aliphatic heterocycles. The van der Waals surface area contributed by atoms with Crippen molar-refractivity contribution in [1.29, 1.82) is 0 Å². The third-order valence-corrected chi connectivity index (χ3v) is 2.92. The molecule has 0 aliphatic carbocycles. The topological polar surface area (TPSA) is 38.3 Å². The highest BCUT2D eigenvalue weighted by Gasteiger charge is 2.15. The van der Waals surface area contributed by atoms with Gasteiger partial charge in [0.05, 0.1) is 0 Å². The summed E-state index contributed by atoms with van der Waals surface area (Å²) in [6.07, 6.45) is 0. The zero-order chi connectivity index (χ0) is 13.1. The number of carbonyl (C=O) groups excluding carboxylic acids is 1. The highest BCUT2D eigenvalue weighted by Crippen LogP contribution is 2.25. The van der Waals surface area contributed by atoms with Crippen LogP contribution in [-0.2, 0) is 9.53 Å². The Labute approximate surface area is 118 Å². The van der Waals surface area contributed by atoms with Gasteiger partial charge >= 0.3 is 5.97 Å². The Kier molecular flexibility index (Phi) is 5.01. The number of esters is 1. The fourth-order valence-corrected chi connectivity index (χ4v) is 2.37. The van der Waals surface area contributed by atoms with Crippen LogP contribution in [0.5, 0.6) is 0 Å². The Morgan fingerprint density at radius 3 is 2.53 bits per heavy atom. The normalized spacial score (nSPS) is 11.1. The van der Waals surface area contributed by atoms with Gasteiger partial charge in [0.15, 0.2) is 0 Å². The maximum absolute atomic E-state index is 11.5. The van der Waals surface area contributed by atoms with Crippen molar-refractivity contribution in [3.05, 3.63) is 27.1 Å². The first-order valence-electron chi connectivity index (χ1n) is 5.19. The Morgan fingerprint density at radius 1 is 1.35 bits per heavy atom. The second kappa shape index (κ2) is 5.87. The number of anilines is 1. The maximum atomic E-state index is 11.5. The number of rotatable bonds is 3. The molecule has 0 bridgehead atoms. The molecule has 17 heavy (non-hydrogen) atoms. The van der Waals surface area contributed by atoms with Gasteiger partial charge in [0, 0.05) is 14.6 Å². The van der Waals surface area contributed by atoms with Crippen LogP contribution < -0.4 is 5.32 Å². The van der Waals surface area contributed by atoms with Crippen molar-refractivity contribution < 1.29 is 9.53 Å². The van der Waals surface area contributed by atoms with Crippen molar-refractivity contribution in [2.45, 2.75) is 26.4 Å². The van der Waals surface area contributed by atoms with Gasteiger partial charge in [-0.15, -0.1) is 0 Å². The van der Waals surface area contributed by atoms with Gasteiger partial charge in [-0.25, -0.2) is 0 Å². The van der Waals surface area contributed by atoms with Gasteiger partial charge < -0.3 is 10.1 Å². The minimum atomic E-state index is -0.449. The molecule has 3 nitrogen and oxygen atoms in total. The zero-order valence-corrected chi connectivity index (χ0v) is 13.2. The van der Waals surface area contributed by atoms with Crippen LogP contribution in [0, 0.1) is 0 Å². The third-order valence-electron chi connectivity index (χ3n) is 1.77. The minimum Gasteiger partial charge on any atom is -0.459 e. The Balaban J connectivity index is 2.53. The summed E-state index contributed by atoms with van der Waals surface area (Å²) >= 11 is 6.78. The number of nitrogens with one attached hydrogen (secondary N) is 1. The molecule has 0 saturated carbocycles. The lowest BCUT2D eigenvalue weighted by Crippen LogP contribution is -2.28. The molecule has 0 amide bonds. The molecular formula is C12H15Br2NO2. The van der Waals surface area contributed by atoms with Gasteiger partial charge in [-0.05, 0) is 54.9 Å². The van der Waals surface area contributed by atoms with E-state index < -0.39 is 5.60 Å². The van der Waals surface area contributed by atoms with Crippen molar-refractivity contribution >= 4 is 43.5 Å². The van der Waals surface area contributed by atoms with Gasteiger partial charge in [-0.3, -0.25) is 4.79 Å². The van der Waals surface area contributed by atoms with Crippen molar-refractivity contribution in [3.8, 4) is 0 Å². The number of benzene rings is 1. The van der Waals surface area contributed by atoms with E-state index in [1.165, 1.54) is 0 Å². The molecule has 0 spiro atoms. The van der Waals surface area contributed by atoms with Crippen molar-refractivity contribution in [2.75, 3.05) is 11.9 Å². The smallest absolute Gasteiger partial charge is 0.325 e. The average Bonchev–Trinajstić information content (AvgIpc) is 2.13. The molecule has 0 saturated heterocycles. The van der Waals surface area contributed by atoms with Crippen molar-refractivity contribution in [3.63, 3.8) is 0 Å². The molecule has 0 radical (unpaired) electrons. The standard InChI is InChI=1S/C12H15Br2NO2/c1-12(2,3)17-11(16)7-15-10-5-4-8(13)6-9(10)14/h4-6,15H,7H2,1-3H3. The SMILES string of the molecule is CC(C)(C)OC(=O)CNc1ccc(Br)cc1Br. The van der Waals surface area contributed by atoms with Crippen LogP contribution in [0.15, 0.2) is 27.1 Å². The lowest BCUT2D eigenvalue weighted by molar-refractivity contribution is -0.152. The Bertz CT molecular complexity index is 413. The molecule has 0 unspecified atom stereocenters. The first kappa shape index (κ1) is 14.5. The van der Waals surface area contributed by atoms with Crippen molar-refractivity contribution in [1.82, 2.24) is 0 Å². The number of ether oxygens (including phenoxy) is 1. The number of carbonyl (C=O) groups is 1. The van der Waals surface area contributed by atoms with E-state index in [-0.39, 0.29) is 12.5 Å². The molecule has 1 rings (SSSR count). The van der Waals surface area contributed by atoms with E-state index in [9.17, 15) is 4.79 Å². The summed E-state index contributed by atoms with van der Waals surface area (Å²) in [5.41, 5.74) is 0.412. The first-order valence-corrected chi connectivity index (χ1v) is 6.77. The van der Waals surface area contributed by atoms with E-state index >= 15 is 0 Å². The fourth-order valence-electron chi connectivity index (χ4n) is 1.18. The summed E-state index contributed by atoms with van der Waals surface area (Å²) in [6, 6.07) is 5.71. The Hall–Kier alpha value is -0.550. The summed E-state index contributed by atoms with van der Waals surface area (Å²) in [5.74, 6) is -0.271. The number of hydrogen-bond acceptors (Lipinski definition) is 3. The molecule has 94 valence electrons. The van der Waals surface area contributed by atoms with Gasteiger partial charge in [0.25, 0.3) is 0 Å². The van der Waals surface area contributed by atoms with Gasteiger partial charge in [-0.2, -0.15) is 0 Å². The summed E-state index contributed by atoms with van der Waals surface area (Å²) < 4.78 is 7.07. The van der Waals surface area contributed by atoms with E-state index in [1.807, 2.05) is 39.0 Å². The minimum absolute atomic E-state index is 0.150. The predicted octanol–water partition coefficient (Wildman–Crippen LogP) is 3.97. The largest absolute Gasteiger partial charge is 0.459 e. The molecule has 0 aliphatic rings. The van der Waals surface area contributed by atoms with Crippen LogP contribution in [0.3, 0.4) is 0 Å². The second-order valence-corrected chi connectivity index (χ2v) is 6.33. The van der Waals surface area contributed by atoms with Crippen LogP contribution in [0.2, 0.25) is 0 Å². The van der Waals surface area contributed by atoms with Crippen LogP contribution >= 0.6 is 31.9 Å². The van der Waals surface area contributed by atoms with Crippen LogP contribution in [0.4, 0.5) is 5.69 Å². The summed E-state index contributed by atoms with van der Waals surface area (Å²) in [6.45, 7) is 5.69. The molecule has 1 aromatic rings. The van der Waals surface area contributed by atoms with E-state index in [0.717, 1.165) is 14.6 Å². The quantitative estimate of drug-likeness (QED) is 0.825. The third kappa shape index (κ3) is 5.55. The molecule has 1 N–H and O–H groups in total. The fraction of sp³-hybridized carbons (Fsp3) is 0.417. The lowest BCUT2D eigenvalue weighted by atomic mass is 10.2. The molecule has 0 fully saturated rings. The van der Waals surface area contributed by atoms with Crippen LogP contribution in [-0.4, -0.2) is 18.1 Å². The van der Waals surface area contributed by atoms with Crippen LogP contribution in [0.25, 0.3) is 0 Å².